The first-order valence-corrected chi connectivity index (χ1v) is 10.7. The molecular formula is C19H33N7O2. The van der Waals surface area contributed by atoms with E-state index in [9.17, 15) is 9.59 Å². The minimum atomic E-state index is 0.0201. The van der Waals surface area contributed by atoms with Gasteiger partial charge in [0.05, 0.1) is 0 Å². The van der Waals surface area contributed by atoms with E-state index in [1.165, 1.54) is 0 Å². The Morgan fingerprint density at radius 2 is 1.96 bits per heavy atom. The van der Waals surface area contributed by atoms with Gasteiger partial charge in [-0.3, -0.25) is 14.4 Å². The van der Waals surface area contributed by atoms with E-state index in [0.29, 0.717) is 19.5 Å². The molecule has 2 aliphatic heterocycles. The fourth-order valence-corrected chi connectivity index (χ4v) is 3.76. The average molecular weight is 392 g/mol. The van der Waals surface area contributed by atoms with Gasteiger partial charge in [0.25, 0.3) is 0 Å². The number of aromatic nitrogens is 3. The van der Waals surface area contributed by atoms with Crippen LogP contribution in [0.3, 0.4) is 0 Å². The van der Waals surface area contributed by atoms with Crippen molar-refractivity contribution in [3.05, 3.63) is 16.3 Å². The number of aliphatic imine (C=N–C) groups is 1. The Morgan fingerprint density at radius 1 is 1.07 bits per heavy atom. The largest absolute Gasteiger partial charge is 0.357 e. The van der Waals surface area contributed by atoms with Crippen molar-refractivity contribution in [3.8, 4) is 0 Å². The summed E-state index contributed by atoms with van der Waals surface area (Å²) >= 11 is 0. The zero-order chi connectivity index (χ0) is 19.8. The SMILES string of the molecule is CCNC(=NCCCN1CCCC1=O)NCCCn1nc2n(c1=O)CCCC2. The summed E-state index contributed by atoms with van der Waals surface area (Å²) in [6.45, 7) is 7.33. The van der Waals surface area contributed by atoms with Crippen molar-refractivity contribution >= 4 is 11.9 Å². The van der Waals surface area contributed by atoms with Crippen molar-refractivity contribution in [1.82, 2.24) is 29.9 Å². The first-order valence-electron chi connectivity index (χ1n) is 10.7. The number of guanidine groups is 1. The quantitative estimate of drug-likeness (QED) is 0.359. The maximum absolute atomic E-state index is 12.3. The molecule has 9 nitrogen and oxygen atoms in total. The molecule has 0 spiro atoms. The lowest BCUT2D eigenvalue weighted by Crippen LogP contribution is -2.38. The standard InChI is InChI=1S/C19H33N7O2/c1-2-20-18(21-10-6-13-24-12-5-9-17(24)27)22-11-7-15-26-19(28)25-14-4-3-8-16(25)23-26/h2-15H2,1H3,(H2,20,21,22). The van der Waals surface area contributed by atoms with Crippen LogP contribution in [0.5, 0.6) is 0 Å². The number of carbonyl (C=O) groups is 1. The molecule has 1 saturated heterocycles. The van der Waals surface area contributed by atoms with Crippen LogP contribution in [0.4, 0.5) is 0 Å². The Hall–Kier alpha value is -2.32. The normalized spacial score (nSPS) is 17.1. The number of aryl methyl sites for hydroxylation is 2. The number of fused-ring (bicyclic) bond motifs is 1. The fraction of sp³-hybridized carbons (Fsp3) is 0.789. The lowest BCUT2D eigenvalue weighted by atomic mass is 10.2. The third-order valence-electron chi connectivity index (χ3n) is 5.24. The van der Waals surface area contributed by atoms with E-state index >= 15 is 0 Å². The Kier molecular flexibility index (Phi) is 7.50. The summed E-state index contributed by atoms with van der Waals surface area (Å²) in [5, 5.41) is 11.0. The number of likely N-dealkylation sites (tertiary alicyclic amines) is 1. The number of hydrogen-bond acceptors (Lipinski definition) is 4. The molecule has 0 aromatic carbocycles. The molecule has 0 saturated carbocycles. The van der Waals surface area contributed by atoms with Crippen LogP contribution in [0.15, 0.2) is 9.79 Å². The molecular weight excluding hydrogens is 358 g/mol. The Balaban J connectivity index is 1.39. The molecule has 0 bridgehead atoms. The van der Waals surface area contributed by atoms with E-state index in [1.54, 1.807) is 4.68 Å². The zero-order valence-corrected chi connectivity index (χ0v) is 17.0. The number of hydrogen-bond donors (Lipinski definition) is 2. The van der Waals surface area contributed by atoms with Gasteiger partial charge in [-0.15, -0.1) is 0 Å². The van der Waals surface area contributed by atoms with Gasteiger partial charge in [-0.2, -0.15) is 5.10 Å². The first kappa shape index (κ1) is 20.4. The van der Waals surface area contributed by atoms with Gasteiger partial charge in [-0.25, -0.2) is 9.48 Å². The van der Waals surface area contributed by atoms with Crippen molar-refractivity contribution in [2.45, 2.75) is 65.0 Å². The molecule has 2 N–H and O–H groups in total. The molecule has 9 heteroatoms. The van der Waals surface area contributed by atoms with Crippen LogP contribution in [0.25, 0.3) is 0 Å². The first-order chi connectivity index (χ1) is 13.7. The number of nitrogens with one attached hydrogen (secondary N) is 2. The highest BCUT2D eigenvalue weighted by Gasteiger charge is 2.19. The molecule has 0 aliphatic carbocycles. The van der Waals surface area contributed by atoms with E-state index in [1.807, 2.05) is 16.4 Å². The molecule has 156 valence electrons. The minimum absolute atomic E-state index is 0.0201. The summed E-state index contributed by atoms with van der Waals surface area (Å²) < 4.78 is 3.41. The molecule has 3 heterocycles. The van der Waals surface area contributed by atoms with Crippen LogP contribution in [-0.4, -0.2) is 63.8 Å². The molecule has 0 atom stereocenters. The van der Waals surface area contributed by atoms with Gasteiger partial charge in [0.2, 0.25) is 5.91 Å². The maximum Gasteiger partial charge on any atom is 0.345 e. The Bertz CT molecular complexity index is 737. The van der Waals surface area contributed by atoms with Crippen LogP contribution < -0.4 is 16.3 Å². The van der Waals surface area contributed by atoms with Crippen molar-refractivity contribution < 1.29 is 4.79 Å². The summed E-state index contributed by atoms with van der Waals surface area (Å²) in [7, 11) is 0. The molecule has 0 radical (unpaired) electrons. The van der Waals surface area contributed by atoms with Crippen LogP contribution in [0, 0.1) is 0 Å². The van der Waals surface area contributed by atoms with Gasteiger partial charge in [-0.1, -0.05) is 0 Å². The van der Waals surface area contributed by atoms with Crippen LogP contribution in [0.1, 0.15) is 51.3 Å². The van der Waals surface area contributed by atoms with Gasteiger partial charge in [0, 0.05) is 58.7 Å². The lowest BCUT2D eigenvalue weighted by molar-refractivity contribution is -0.127. The van der Waals surface area contributed by atoms with Crippen molar-refractivity contribution in [2.75, 3.05) is 32.7 Å². The average Bonchev–Trinajstić information content (AvgIpc) is 3.25. The van der Waals surface area contributed by atoms with Gasteiger partial charge in [0.1, 0.15) is 5.82 Å². The molecule has 0 unspecified atom stereocenters. The topological polar surface area (TPSA) is 96.6 Å². The highest BCUT2D eigenvalue weighted by Crippen LogP contribution is 2.10. The lowest BCUT2D eigenvalue weighted by Gasteiger charge is -2.15. The minimum Gasteiger partial charge on any atom is -0.357 e. The predicted molar refractivity (Wildman–Crippen MR) is 108 cm³/mol. The summed E-state index contributed by atoms with van der Waals surface area (Å²) in [5.74, 6) is 1.98. The van der Waals surface area contributed by atoms with E-state index in [-0.39, 0.29) is 11.6 Å². The third kappa shape index (κ3) is 5.36. The van der Waals surface area contributed by atoms with Crippen molar-refractivity contribution in [2.24, 2.45) is 4.99 Å². The van der Waals surface area contributed by atoms with E-state index in [2.05, 4.69) is 20.7 Å². The monoisotopic (exact) mass is 391 g/mol. The molecule has 1 fully saturated rings. The molecule has 28 heavy (non-hydrogen) atoms. The third-order valence-corrected chi connectivity index (χ3v) is 5.24. The highest BCUT2D eigenvalue weighted by atomic mass is 16.2. The second-order valence-corrected chi connectivity index (χ2v) is 7.41. The number of amides is 1. The van der Waals surface area contributed by atoms with Gasteiger partial charge >= 0.3 is 5.69 Å². The fourth-order valence-electron chi connectivity index (χ4n) is 3.76. The van der Waals surface area contributed by atoms with Crippen molar-refractivity contribution in [1.29, 1.82) is 0 Å². The molecule has 1 aromatic rings. The van der Waals surface area contributed by atoms with Crippen LogP contribution >= 0.6 is 0 Å². The van der Waals surface area contributed by atoms with E-state index in [4.69, 9.17) is 0 Å². The summed E-state index contributed by atoms with van der Waals surface area (Å²) in [6, 6.07) is 0. The Morgan fingerprint density at radius 3 is 2.71 bits per heavy atom. The number of carbonyl (C=O) groups excluding carboxylic acids is 1. The summed E-state index contributed by atoms with van der Waals surface area (Å²) in [5.41, 5.74) is 0.0201. The van der Waals surface area contributed by atoms with Gasteiger partial charge in [-0.05, 0) is 39.0 Å². The van der Waals surface area contributed by atoms with Crippen LogP contribution in [0.2, 0.25) is 0 Å². The van der Waals surface area contributed by atoms with Crippen molar-refractivity contribution in [3.63, 3.8) is 0 Å². The second-order valence-electron chi connectivity index (χ2n) is 7.41. The van der Waals surface area contributed by atoms with Gasteiger partial charge in [0.15, 0.2) is 5.96 Å². The molecule has 1 amide bonds. The van der Waals surface area contributed by atoms with E-state index in [0.717, 1.165) is 83.0 Å². The number of nitrogens with zero attached hydrogens (tertiary/aromatic N) is 5. The second kappa shape index (κ2) is 10.3. The molecule has 3 rings (SSSR count). The number of rotatable bonds is 9. The van der Waals surface area contributed by atoms with E-state index < -0.39 is 0 Å². The maximum atomic E-state index is 12.3. The smallest absolute Gasteiger partial charge is 0.345 e. The Labute approximate surface area is 166 Å². The highest BCUT2D eigenvalue weighted by molar-refractivity contribution is 5.79. The molecule has 1 aromatic heterocycles. The summed E-state index contributed by atoms with van der Waals surface area (Å²) in [6.07, 6.45) is 6.44. The summed E-state index contributed by atoms with van der Waals surface area (Å²) in [4.78, 5) is 30.5. The predicted octanol–water partition coefficient (Wildman–Crippen LogP) is 0.339. The zero-order valence-electron chi connectivity index (χ0n) is 17.0. The van der Waals surface area contributed by atoms with Gasteiger partial charge < -0.3 is 15.5 Å². The molecule has 2 aliphatic rings. The van der Waals surface area contributed by atoms with Crippen LogP contribution in [-0.2, 0) is 24.3 Å².